The first-order chi connectivity index (χ1) is 15.6. The van der Waals surface area contributed by atoms with E-state index in [0.29, 0.717) is 29.4 Å². The van der Waals surface area contributed by atoms with Crippen LogP contribution < -0.4 is 0 Å². The first kappa shape index (κ1) is 21.8. The van der Waals surface area contributed by atoms with E-state index in [0.717, 1.165) is 23.1 Å². The second-order valence-electron chi connectivity index (χ2n) is 7.60. The van der Waals surface area contributed by atoms with Crippen molar-refractivity contribution in [2.24, 2.45) is 0 Å². The summed E-state index contributed by atoms with van der Waals surface area (Å²) in [6, 6.07) is 20.6. The summed E-state index contributed by atoms with van der Waals surface area (Å²) in [5.41, 5.74) is 3.66. The molecule has 2 aromatic carbocycles. The van der Waals surface area contributed by atoms with Gasteiger partial charge in [-0.3, -0.25) is 19.5 Å². The highest BCUT2D eigenvalue weighted by molar-refractivity contribution is 6.35. The van der Waals surface area contributed by atoms with E-state index >= 15 is 0 Å². The van der Waals surface area contributed by atoms with Crippen molar-refractivity contribution in [1.82, 2.24) is 14.8 Å². The zero-order chi connectivity index (χ0) is 22.5. The van der Waals surface area contributed by atoms with E-state index in [1.54, 1.807) is 24.5 Å². The van der Waals surface area contributed by atoms with Gasteiger partial charge in [0.2, 0.25) is 0 Å². The molecule has 0 unspecified atom stereocenters. The first-order valence-corrected chi connectivity index (χ1v) is 11.0. The van der Waals surface area contributed by atoms with Gasteiger partial charge in [0, 0.05) is 30.5 Å². The maximum absolute atomic E-state index is 13.6. The van der Waals surface area contributed by atoms with Crippen LogP contribution in [0.4, 0.5) is 0 Å². The van der Waals surface area contributed by atoms with E-state index in [1.165, 1.54) is 4.90 Å². The Morgan fingerprint density at radius 2 is 1.56 bits per heavy atom. The topological polar surface area (TPSA) is 53.5 Å². The summed E-state index contributed by atoms with van der Waals surface area (Å²) in [7, 11) is 0. The van der Waals surface area contributed by atoms with Crippen LogP contribution in [0.1, 0.15) is 23.6 Å². The van der Waals surface area contributed by atoms with Crippen LogP contribution in [-0.2, 0) is 22.6 Å². The average Bonchev–Trinajstić information content (AvgIpc) is 3.07. The van der Waals surface area contributed by atoms with Gasteiger partial charge >= 0.3 is 0 Å². The minimum absolute atomic E-state index is 0.205. The molecule has 32 heavy (non-hydrogen) atoms. The van der Waals surface area contributed by atoms with E-state index in [4.69, 9.17) is 11.6 Å². The van der Waals surface area contributed by atoms with Gasteiger partial charge in [-0.2, -0.15) is 0 Å². The molecule has 2 heterocycles. The number of carbonyl (C=O) groups excluding carboxylic acids is 2. The summed E-state index contributed by atoms with van der Waals surface area (Å²) in [6.07, 6.45) is 4.28. The molecule has 0 fully saturated rings. The normalized spacial score (nSPS) is 13.8. The zero-order valence-electron chi connectivity index (χ0n) is 17.9. The Morgan fingerprint density at radius 1 is 0.875 bits per heavy atom. The first-order valence-electron chi connectivity index (χ1n) is 10.6. The van der Waals surface area contributed by atoms with Crippen LogP contribution in [0.3, 0.4) is 0 Å². The van der Waals surface area contributed by atoms with E-state index in [2.05, 4.69) is 4.98 Å². The van der Waals surface area contributed by atoms with E-state index in [1.807, 2.05) is 66.4 Å². The number of halogens is 1. The van der Waals surface area contributed by atoms with Crippen molar-refractivity contribution in [3.63, 3.8) is 0 Å². The number of hydrogen-bond acceptors (Lipinski definition) is 4. The van der Waals surface area contributed by atoms with E-state index in [9.17, 15) is 9.59 Å². The Balaban J connectivity index is 1.67. The predicted molar refractivity (Wildman–Crippen MR) is 126 cm³/mol. The van der Waals surface area contributed by atoms with Crippen LogP contribution in [0.5, 0.6) is 0 Å². The summed E-state index contributed by atoms with van der Waals surface area (Å²) < 4.78 is 0. The molecule has 3 aromatic rings. The molecule has 1 aliphatic heterocycles. The number of pyridine rings is 1. The highest BCUT2D eigenvalue weighted by Gasteiger charge is 2.41. The standard InChI is InChI=1S/C26H24ClN3O2/c1-2-29(17-14-19-12-15-28-16-13-19)24-23(21-6-4-3-5-7-21)25(31)30(26(24)32)18-20-8-10-22(27)11-9-20/h3-13,15-16H,2,14,17-18H2,1H3. The fourth-order valence-corrected chi connectivity index (χ4v) is 4.01. The fraction of sp³-hybridized carbons (Fsp3) is 0.192. The molecule has 0 saturated heterocycles. The molecule has 1 aliphatic rings. The van der Waals surface area contributed by atoms with Crippen molar-refractivity contribution in [3.05, 3.63) is 107 Å². The van der Waals surface area contributed by atoms with Crippen LogP contribution >= 0.6 is 11.6 Å². The Kier molecular flexibility index (Phi) is 6.66. The predicted octanol–water partition coefficient (Wildman–Crippen LogP) is 4.58. The Morgan fingerprint density at radius 3 is 2.22 bits per heavy atom. The third kappa shape index (κ3) is 4.58. The van der Waals surface area contributed by atoms with Gasteiger partial charge < -0.3 is 4.90 Å². The lowest BCUT2D eigenvalue weighted by Gasteiger charge is -2.25. The van der Waals surface area contributed by atoms with Crippen LogP contribution in [0.2, 0.25) is 5.02 Å². The van der Waals surface area contributed by atoms with Gasteiger partial charge in [-0.15, -0.1) is 0 Å². The second-order valence-corrected chi connectivity index (χ2v) is 8.03. The Hall–Kier alpha value is -3.44. The minimum Gasteiger partial charge on any atom is -0.366 e. The lowest BCUT2D eigenvalue weighted by atomic mass is 10.0. The molecule has 0 aliphatic carbocycles. The molecule has 6 heteroatoms. The van der Waals surface area contributed by atoms with Gasteiger partial charge in [0.25, 0.3) is 11.8 Å². The second kappa shape index (κ2) is 9.79. The van der Waals surface area contributed by atoms with Gasteiger partial charge in [0.1, 0.15) is 5.70 Å². The van der Waals surface area contributed by atoms with Gasteiger partial charge in [-0.1, -0.05) is 54.1 Å². The van der Waals surface area contributed by atoms with Crippen molar-refractivity contribution >= 4 is 29.0 Å². The van der Waals surface area contributed by atoms with Gasteiger partial charge in [-0.25, -0.2) is 0 Å². The smallest absolute Gasteiger partial charge is 0.278 e. The van der Waals surface area contributed by atoms with Crippen LogP contribution in [0.15, 0.2) is 84.8 Å². The van der Waals surface area contributed by atoms with E-state index < -0.39 is 0 Å². The molecule has 0 saturated carbocycles. The summed E-state index contributed by atoms with van der Waals surface area (Å²) in [5, 5.41) is 0.616. The van der Waals surface area contributed by atoms with Crippen LogP contribution in [0, 0.1) is 0 Å². The van der Waals surface area contributed by atoms with Crippen LogP contribution in [-0.4, -0.2) is 39.7 Å². The van der Waals surface area contributed by atoms with Gasteiger partial charge in [0.05, 0.1) is 12.1 Å². The highest BCUT2D eigenvalue weighted by Crippen LogP contribution is 2.32. The number of imide groups is 1. The average molecular weight is 446 g/mol. The quantitative estimate of drug-likeness (QED) is 0.476. The third-order valence-electron chi connectivity index (χ3n) is 5.58. The number of hydrogen-bond donors (Lipinski definition) is 0. The lowest BCUT2D eigenvalue weighted by Crippen LogP contribution is -2.35. The van der Waals surface area contributed by atoms with Gasteiger partial charge in [0.15, 0.2) is 0 Å². The SMILES string of the molecule is CCN(CCc1ccncc1)C1=C(c2ccccc2)C(=O)N(Cc2ccc(Cl)cc2)C1=O. The number of nitrogens with zero attached hydrogens (tertiary/aromatic N) is 3. The van der Waals surface area contributed by atoms with Crippen LogP contribution in [0.25, 0.3) is 5.57 Å². The maximum Gasteiger partial charge on any atom is 0.278 e. The Bertz CT molecular complexity index is 1130. The summed E-state index contributed by atoms with van der Waals surface area (Å²) in [4.78, 5) is 34.4. The van der Waals surface area contributed by atoms with Crippen molar-refractivity contribution in [2.45, 2.75) is 19.9 Å². The van der Waals surface area contributed by atoms with Crippen molar-refractivity contribution in [1.29, 1.82) is 0 Å². The molecule has 162 valence electrons. The molecule has 4 rings (SSSR count). The molecule has 0 atom stereocenters. The largest absolute Gasteiger partial charge is 0.366 e. The fourth-order valence-electron chi connectivity index (χ4n) is 3.88. The molecule has 0 bridgehead atoms. The molecule has 0 N–H and O–H groups in total. The van der Waals surface area contributed by atoms with E-state index in [-0.39, 0.29) is 18.4 Å². The highest BCUT2D eigenvalue weighted by atomic mass is 35.5. The molecule has 0 spiro atoms. The number of benzene rings is 2. The van der Waals surface area contributed by atoms with Gasteiger partial charge in [-0.05, 0) is 54.3 Å². The number of carbonyl (C=O) groups is 2. The molecular weight excluding hydrogens is 422 g/mol. The number of aromatic nitrogens is 1. The maximum atomic E-state index is 13.6. The summed E-state index contributed by atoms with van der Waals surface area (Å²) in [6.45, 7) is 3.45. The molecule has 2 amide bonds. The number of amides is 2. The molecular formula is C26H24ClN3O2. The zero-order valence-corrected chi connectivity index (χ0v) is 18.6. The number of rotatable bonds is 8. The van der Waals surface area contributed by atoms with Crippen molar-refractivity contribution in [2.75, 3.05) is 13.1 Å². The monoisotopic (exact) mass is 445 g/mol. The van der Waals surface area contributed by atoms with Crippen molar-refractivity contribution < 1.29 is 9.59 Å². The molecule has 1 aromatic heterocycles. The minimum atomic E-state index is -0.270. The molecule has 0 radical (unpaired) electrons. The molecule has 5 nitrogen and oxygen atoms in total. The summed E-state index contributed by atoms with van der Waals surface area (Å²) >= 11 is 5.99. The third-order valence-corrected chi connectivity index (χ3v) is 5.83. The number of likely N-dealkylation sites (N-methyl/N-ethyl adjacent to an activating group) is 1. The van der Waals surface area contributed by atoms with Crippen molar-refractivity contribution in [3.8, 4) is 0 Å². The summed E-state index contributed by atoms with van der Waals surface area (Å²) in [5.74, 6) is -0.533. The Labute approximate surface area is 193 Å². The lowest BCUT2D eigenvalue weighted by molar-refractivity contribution is -0.138.